The smallest absolute Gasteiger partial charge is 0.402 e. The van der Waals surface area contributed by atoms with E-state index in [1.807, 2.05) is 0 Å². The maximum absolute atomic E-state index is 12.0. The molecule has 0 aromatic rings. The lowest BCUT2D eigenvalue weighted by Gasteiger charge is -2.30. The number of esters is 1. The number of halogens is 3. The normalized spacial score (nSPS) is 22.2. The predicted octanol–water partition coefficient (Wildman–Crippen LogP) is 0.268. The van der Waals surface area contributed by atoms with E-state index in [2.05, 4.69) is 4.74 Å². The number of rotatable bonds is 4. The minimum Gasteiger partial charge on any atom is -0.469 e. The van der Waals surface area contributed by atoms with Crippen LogP contribution in [-0.4, -0.2) is 51.6 Å². The Morgan fingerprint density at radius 1 is 1.47 bits per heavy atom. The first-order chi connectivity index (χ1) is 8.65. The predicted molar refractivity (Wildman–Crippen MR) is 59.3 cm³/mol. The first kappa shape index (κ1) is 16.2. The van der Waals surface area contributed by atoms with Gasteiger partial charge in [0.25, 0.3) is 10.2 Å². The molecule has 0 saturated carbocycles. The van der Waals surface area contributed by atoms with Gasteiger partial charge < -0.3 is 4.74 Å². The second-order valence-corrected chi connectivity index (χ2v) is 5.92. The summed E-state index contributed by atoms with van der Waals surface area (Å²) in [5, 5.41) is 0. The van der Waals surface area contributed by atoms with Crippen LogP contribution in [0.4, 0.5) is 13.2 Å². The highest BCUT2D eigenvalue weighted by molar-refractivity contribution is 7.87. The van der Waals surface area contributed by atoms with E-state index in [4.69, 9.17) is 0 Å². The van der Waals surface area contributed by atoms with Crippen molar-refractivity contribution >= 4 is 16.2 Å². The lowest BCUT2D eigenvalue weighted by Crippen LogP contribution is -2.49. The number of nitrogens with zero attached hydrogens (tertiary/aromatic N) is 1. The molecule has 0 aliphatic carbocycles. The van der Waals surface area contributed by atoms with Crippen LogP contribution in [0.5, 0.6) is 0 Å². The third kappa shape index (κ3) is 4.96. The number of nitrogens with one attached hydrogen (secondary N) is 1. The Bertz CT molecular complexity index is 424. The van der Waals surface area contributed by atoms with E-state index in [1.54, 1.807) is 0 Å². The number of carbonyl (C=O) groups is 1. The Labute approximate surface area is 109 Å². The number of methoxy groups -OCH3 is 1. The number of hydrogen-bond acceptors (Lipinski definition) is 4. The summed E-state index contributed by atoms with van der Waals surface area (Å²) in [6, 6.07) is 0. The molecule has 1 aliphatic heterocycles. The second-order valence-electron chi connectivity index (χ2n) is 4.16. The molecule has 1 fully saturated rings. The van der Waals surface area contributed by atoms with Gasteiger partial charge in [0.05, 0.1) is 13.0 Å². The average Bonchev–Trinajstić information content (AvgIpc) is 2.35. The highest BCUT2D eigenvalue weighted by Gasteiger charge is 2.35. The zero-order valence-corrected chi connectivity index (χ0v) is 11.1. The van der Waals surface area contributed by atoms with Crippen LogP contribution in [0.2, 0.25) is 0 Å². The van der Waals surface area contributed by atoms with Gasteiger partial charge in [0.15, 0.2) is 0 Å². The largest absolute Gasteiger partial charge is 0.469 e. The van der Waals surface area contributed by atoms with E-state index in [1.165, 1.54) is 11.8 Å². The minimum atomic E-state index is -4.62. The molecule has 1 saturated heterocycles. The van der Waals surface area contributed by atoms with E-state index >= 15 is 0 Å². The first-order valence-electron chi connectivity index (χ1n) is 5.55. The van der Waals surface area contributed by atoms with E-state index in [0.717, 1.165) is 4.31 Å². The molecule has 6 nitrogen and oxygen atoms in total. The number of alkyl halides is 3. The molecule has 0 amide bonds. The van der Waals surface area contributed by atoms with Crippen LogP contribution in [0.15, 0.2) is 0 Å². The summed E-state index contributed by atoms with van der Waals surface area (Å²) in [5.74, 6) is -1.20. The summed E-state index contributed by atoms with van der Waals surface area (Å²) >= 11 is 0. The molecule has 0 spiro atoms. The van der Waals surface area contributed by atoms with E-state index in [0.29, 0.717) is 12.8 Å². The molecule has 10 heteroatoms. The quantitative estimate of drug-likeness (QED) is 0.756. The van der Waals surface area contributed by atoms with Crippen molar-refractivity contribution in [2.45, 2.75) is 19.0 Å². The number of piperidine rings is 1. The topological polar surface area (TPSA) is 75.7 Å². The van der Waals surface area contributed by atoms with Gasteiger partial charge in [-0.3, -0.25) is 4.79 Å². The van der Waals surface area contributed by atoms with Crippen LogP contribution in [0, 0.1) is 5.92 Å². The van der Waals surface area contributed by atoms with Crippen molar-refractivity contribution in [1.82, 2.24) is 9.03 Å². The van der Waals surface area contributed by atoms with Crippen molar-refractivity contribution in [2.24, 2.45) is 5.92 Å². The third-order valence-electron chi connectivity index (χ3n) is 2.71. The van der Waals surface area contributed by atoms with Crippen molar-refractivity contribution in [3.63, 3.8) is 0 Å². The molecule has 1 aliphatic rings. The van der Waals surface area contributed by atoms with Gasteiger partial charge in [0.2, 0.25) is 0 Å². The molecular formula is C9H15F3N2O4S. The molecule has 0 aromatic heterocycles. The minimum absolute atomic E-state index is 0.0840. The van der Waals surface area contributed by atoms with Crippen molar-refractivity contribution < 1.29 is 31.1 Å². The standard InChI is InChI=1S/C9H15F3N2O4S/c1-18-8(15)7-3-2-4-14(5-7)19(16,17)13-6-9(10,11)12/h7,13H,2-6H2,1H3/t7-/m0/s1. The fraction of sp³-hybridized carbons (Fsp3) is 0.889. The Balaban J connectivity index is 2.65. The zero-order chi connectivity index (χ0) is 14.7. The van der Waals surface area contributed by atoms with Crippen molar-refractivity contribution in [3.8, 4) is 0 Å². The van der Waals surface area contributed by atoms with Crippen molar-refractivity contribution in [3.05, 3.63) is 0 Å². The van der Waals surface area contributed by atoms with Crippen molar-refractivity contribution in [1.29, 1.82) is 0 Å². The van der Waals surface area contributed by atoms with E-state index in [-0.39, 0.29) is 13.1 Å². The molecule has 112 valence electrons. The molecule has 1 atom stereocenters. The van der Waals surface area contributed by atoms with Crippen LogP contribution in [0.1, 0.15) is 12.8 Å². The van der Waals surface area contributed by atoms with Crippen molar-refractivity contribution in [2.75, 3.05) is 26.7 Å². The van der Waals surface area contributed by atoms with Gasteiger partial charge in [-0.15, -0.1) is 0 Å². The molecule has 0 unspecified atom stereocenters. The van der Waals surface area contributed by atoms with Gasteiger partial charge in [-0.1, -0.05) is 0 Å². The molecule has 0 bridgehead atoms. The number of hydrogen-bond donors (Lipinski definition) is 1. The summed E-state index contributed by atoms with van der Waals surface area (Å²) in [5.41, 5.74) is 0. The fourth-order valence-corrected chi connectivity index (χ4v) is 3.06. The maximum atomic E-state index is 12.0. The monoisotopic (exact) mass is 304 g/mol. The van der Waals surface area contributed by atoms with Gasteiger partial charge in [-0.25, -0.2) is 0 Å². The third-order valence-corrected chi connectivity index (χ3v) is 4.23. The van der Waals surface area contributed by atoms with Gasteiger partial charge in [0, 0.05) is 13.1 Å². The first-order valence-corrected chi connectivity index (χ1v) is 6.99. The summed E-state index contributed by atoms with van der Waals surface area (Å²) in [4.78, 5) is 11.3. The lowest BCUT2D eigenvalue weighted by atomic mass is 10.0. The van der Waals surface area contributed by atoms with Gasteiger partial charge in [-0.2, -0.15) is 30.6 Å². The van der Waals surface area contributed by atoms with Crippen LogP contribution in [0.25, 0.3) is 0 Å². The van der Waals surface area contributed by atoms with E-state index in [9.17, 15) is 26.4 Å². The Morgan fingerprint density at radius 3 is 2.63 bits per heavy atom. The summed E-state index contributed by atoms with van der Waals surface area (Å²) in [6.45, 7) is -1.71. The van der Waals surface area contributed by atoms with Gasteiger partial charge in [0.1, 0.15) is 6.54 Å². The maximum Gasteiger partial charge on any atom is 0.402 e. The SMILES string of the molecule is COC(=O)[C@H]1CCCN(S(=O)(=O)NCC(F)(F)F)C1. The molecule has 0 radical (unpaired) electrons. The summed E-state index contributed by atoms with van der Waals surface area (Å²) in [6.07, 6.45) is -3.77. The zero-order valence-electron chi connectivity index (χ0n) is 10.2. The highest BCUT2D eigenvalue weighted by atomic mass is 32.2. The average molecular weight is 304 g/mol. The fourth-order valence-electron chi connectivity index (χ4n) is 1.78. The van der Waals surface area contributed by atoms with Crippen LogP contribution < -0.4 is 4.72 Å². The van der Waals surface area contributed by atoms with Crippen LogP contribution >= 0.6 is 0 Å². The Morgan fingerprint density at radius 2 is 2.11 bits per heavy atom. The number of ether oxygens (including phenoxy) is 1. The molecule has 1 rings (SSSR count). The molecule has 19 heavy (non-hydrogen) atoms. The van der Waals surface area contributed by atoms with Gasteiger partial charge in [-0.05, 0) is 12.8 Å². The molecular weight excluding hydrogens is 289 g/mol. The summed E-state index contributed by atoms with van der Waals surface area (Å²) in [7, 11) is -3.06. The molecule has 1 N–H and O–H groups in total. The lowest BCUT2D eigenvalue weighted by molar-refractivity contribution is -0.146. The Hall–Kier alpha value is -0.870. The van der Waals surface area contributed by atoms with Crippen LogP contribution in [0.3, 0.4) is 0 Å². The second kappa shape index (κ2) is 6.06. The van der Waals surface area contributed by atoms with Crippen LogP contribution in [-0.2, 0) is 19.7 Å². The highest BCUT2D eigenvalue weighted by Crippen LogP contribution is 2.20. The van der Waals surface area contributed by atoms with Gasteiger partial charge >= 0.3 is 12.1 Å². The van der Waals surface area contributed by atoms with E-state index < -0.39 is 34.8 Å². The Kier molecular flexibility index (Phi) is 5.16. The molecule has 1 heterocycles. The summed E-state index contributed by atoms with van der Waals surface area (Å²) < 4.78 is 66.1. The number of carbonyl (C=O) groups excluding carboxylic acids is 1. The molecule has 0 aromatic carbocycles.